The van der Waals surface area contributed by atoms with Crippen molar-refractivity contribution in [1.82, 2.24) is 15.6 Å². The highest BCUT2D eigenvalue weighted by atomic mass is 16.6. The maximum atomic E-state index is 11.8. The van der Waals surface area contributed by atoms with Crippen LogP contribution in [0.2, 0.25) is 0 Å². The maximum Gasteiger partial charge on any atom is 0.244 e. The summed E-state index contributed by atoms with van der Waals surface area (Å²) in [4.78, 5) is 21.3. The number of ether oxygens (including phenoxy) is 1. The van der Waals surface area contributed by atoms with Gasteiger partial charge in [0.15, 0.2) is 0 Å². The second-order valence-electron chi connectivity index (χ2n) is 5.54. The Morgan fingerprint density at radius 2 is 1.88 bits per heavy atom. The number of nitrogens with zero attached hydrogens (tertiary/aromatic N) is 2. The van der Waals surface area contributed by atoms with Gasteiger partial charge in [0.1, 0.15) is 5.75 Å². The third-order valence-electron chi connectivity index (χ3n) is 3.65. The fourth-order valence-corrected chi connectivity index (χ4v) is 2.26. The van der Waals surface area contributed by atoms with Crippen LogP contribution in [0, 0.1) is 0 Å². The van der Waals surface area contributed by atoms with Gasteiger partial charge in [0.25, 0.3) is 0 Å². The molecule has 0 saturated heterocycles. The minimum absolute atomic E-state index is 0.193. The lowest BCUT2D eigenvalue weighted by atomic mass is 10.2. The summed E-state index contributed by atoms with van der Waals surface area (Å²) >= 11 is 0. The van der Waals surface area contributed by atoms with Gasteiger partial charge in [-0.1, -0.05) is 35.5 Å². The van der Waals surface area contributed by atoms with Crippen LogP contribution in [0.15, 0.2) is 59.1 Å². The van der Waals surface area contributed by atoms with Gasteiger partial charge in [0, 0.05) is 18.4 Å². The first-order chi connectivity index (χ1) is 12.7. The van der Waals surface area contributed by atoms with Crippen LogP contribution >= 0.6 is 0 Å². The van der Waals surface area contributed by atoms with Crippen molar-refractivity contribution < 1.29 is 18.9 Å². The summed E-state index contributed by atoms with van der Waals surface area (Å²) in [5.74, 6) is 1.38. The highest BCUT2D eigenvalue weighted by Gasteiger charge is 2.11. The fourth-order valence-electron chi connectivity index (χ4n) is 2.26. The summed E-state index contributed by atoms with van der Waals surface area (Å²) in [6, 6.07) is 16.9. The lowest BCUT2D eigenvalue weighted by molar-refractivity contribution is -0.134. The van der Waals surface area contributed by atoms with E-state index in [2.05, 4.69) is 15.6 Å². The molecule has 7 heteroatoms. The number of hydrogen-bond donors (Lipinski definition) is 1. The van der Waals surface area contributed by atoms with Gasteiger partial charge in [-0.05, 0) is 29.8 Å². The van der Waals surface area contributed by atoms with Crippen molar-refractivity contribution >= 4 is 5.91 Å². The van der Waals surface area contributed by atoms with Crippen molar-refractivity contribution in [3.8, 4) is 17.1 Å². The molecule has 1 heterocycles. The van der Waals surface area contributed by atoms with Gasteiger partial charge >= 0.3 is 0 Å². The Morgan fingerprint density at radius 1 is 1.12 bits per heavy atom. The molecule has 0 spiro atoms. The van der Waals surface area contributed by atoms with Crippen molar-refractivity contribution in [2.45, 2.75) is 19.4 Å². The van der Waals surface area contributed by atoms with Gasteiger partial charge in [-0.3, -0.25) is 9.63 Å². The zero-order valence-electron chi connectivity index (χ0n) is 14.3. The summed E-state index contributed by atoms with van der Waals surface area (Å²) in [7, 11) is 1.61. The average Bonchev–Trinajstić information content (AvgIpc) is 3.16. The molecule has 1 amide bonds. The van der Waals surface area contributed by atoms with Gasteiger partial charge in [-0.15, -0.1) is 0 Å². The zero-order chi connectivity index (χ0) is 18.2. The Hall–Kier alpha value is -3.19. The first-order valence-corrected chi connectivity index (χ1v) is 8.16. The highest BCUT2D eigenvalue weighted by Crippen LogP contribution is 2.19. The van der Waals surface area contributed by atoms with E-state index in [4.69, 9.17) is 14.1 Å². The van der Waals surface area contributed by atoms with Crippen LogP contribution in [0.4, 0.5) is 0 Å². The van der Waals surface area contributed by atoms with E-state index in [1.54, 1.807) is 7.11 Å². The number of rotatable bonds is 8. The summed E-state index contributed by atoms with van der Waals surface area (Å²) in [5, 5.41) is 3.93. The van der Waals surface area contributed by atoms with Crippen molar-refractivity contribution in [3.63, 3.8) is 0 Å². The van der Waals surface area contributed by atoms with Gasteiger partial charge in [0.05, 0.1) is 13.7 Å². The molecule has 3 rings (SSSR count). The molecule has 0 radical (unpaired) electrons. The molecule has 0 saturated carbocycles. The SMILES string of the molecule is COc1ccc(-c2noc(CCC(=O)NOCc3ccccc3)n2)cc1. The van der Waals surface area contributed by atoms with Crippen LogP contribution in [0.3, 0.4) is 0 Å². The van der Waals surface area contributed by atoms with E-state index < -0.39 is 0 Å². The molecule has 0 fully saturated rings. The van der Waals surface area contributed by atoms with Gasteiger partial charge in [-0.2, -0.15) is 4.98 Å². The molecule has 0 aliphatic rings. The number of carbonyl (C=O) groups excluding carboxylic acids is 1. The minimum Gasteiger partial charge on any atom is -0.497 e. The van der Waals surface area contributed by atoms with Crippen LogP contribution in [0.25, 0.3) is 11.4 Å². The first kappa shape index (κ1) is 17.6. The average molecular weight is 353 g/mol. The molecule has 134 valence electrons. The predicted octanol–water partition coefficient (Wildman–Crippen LogP) is 2.93. The smallest absolute Gasteiger partial charge is 0.244 e. The van der Waals surface area contributed by atoms with Crippen LogP contribution < -0.4 is 10.2 Å². The normalized spacial score (nSPS) is 10.5. The molecule has 3 aromatic rings. The van der Waals surface area contributed by atoms with Crippen LogP contribution in [-0.4, -0.2) is 23.2 Å². The Morgan fingerprint density at radius 3 is 2.62 bits per heavy atom. The topological polar surface area (TPSA) is 86.5 Å². The monoisotopic (exact) mass is 353 g/mol. The van der Waals surface area contributed by atoms with E-state index in [0.717, 1.165) is 16.9 Å². The Kier molecular flexibility index (Phi) is 5.95. The highest BCUT2D eigenvalue weighted by molar-refractivity contribution is 5.74. The number of amides is 1. The van der Waals surface area contributed by atoms with Crippen molar-refractivity contribution in [1.29, 1.82) is 0 Å². The van der Waals surface area contributed by atoms with Crippen molar-refractivity contribution in [2.24, 2.45) is 0 Å². The largest absolute Gasteiger partial charge is 0.497 e. The molecule has 0 bridgehead atoms. The van der Waals surface area contributed by atoms with E-state index in [-0.39, 0.29) is 12.3 Å². The molecular weight excluding hydrogens is 334 g/mol. The summed E-state index contributed by atoms with van der Waals surface area (Å²) < 4.78 is 10.3. The standard InChI is InChI=1S/C19H19N3O4/c1-24-16-9-7-15(8-10-16)19-20-18(26-22-19)12-11-17(23)21-25-13-14-5-3-2-4-6-14/h2-10H,11-13H2,1H3,(H,21,23). The van der Waals surface area contributed by atoms with E-state index >= 15 is 0 Å². The zero-order valence-corrected chi connectivity index (χ0v) is 14.3. The van der Waals surface area contributed by atoms with Gasteiger partial charge in [0.2, 0.25) is 17.6 Å². The number of carbonyl (C=O) groups is 1. The van der Waals surface area contributed by atoms with E-state index in [9.17, 15) is 4.79 Å². The summed E-state index contributed by atoms with van der Waals surface area (Å²) in [6.07, 6.45) is 0.530. The molecule has 1 aromatic heterocycles. The quantitative estimate of drug-likeness (QED) is 0.627. The van der Waals surface area contributed by atoms with Gasteiger partial charge in [-0.25, -0.2) is 5.48 Å². The van der Waals surface area contributed by atoms with Crippen molar-refractivity contribution in [2.75, 3.05) is 7.11 Å². The number of aryl methyl sites for hydroxylation is 1. The maximum absolute atomic E-state index is 11.8. The lowest BCUT2D eigenvalue weighted by Gasteiger charge is -2.04. The molecule has 7 nitrogen and oxygen atoms in total. The van der Waals surface area contributed by atoms with Gasteiger partial charge < -0.3 is 9.26 Å². The molecule has 2 aromatic carbocycles. The Labute approximate surface area is 150 Å². The molecule has 0 aliphatic heterocycles. The van der Waals surface area contributed by atoms with Crippen LogP contribution in [-0.2, 0) is 22.7 Å². The molecule has 1 N–H and O–H groups in total. The predicted molar refractivity (Wildman–Crippen MR) is 94.0 cm³/mol. The summed E-state index contributed by atoms with van der Waals surface area (Å²) in [6.45, 7) is 0.314. The number of nitrogens with one attached hydrogen (secondary N) is 1. The minimum atomic E-state index is -0.245. The Balaban J connectivity index is 1.44. The number of benzene rings is 2. The van der Waals surface area contributed by atoms with E-state index in [1.165, 1.54) is 0 Å². The molecule has 0 atom stereocenters. The van der Waals surface area contributed by atoms with Crippen molar-refractivity contribution in [3.05, 3.63) is 66.1 Å². The summed E-state index contributed by atoms with van der Waals surface area (Å²) in [5.41, 5.74) is 4.21. The molecule has 0 unspecified atom stereocenters. The number of aromatic nitrogens is 2. The second kappa shape index (κ2) is 8.77. The molecule has 26 heavy (non-hydrogen) atoms. The molecular formula is C19H19N3O4. The third-order valence-corrected chi connectivity index (χ3v) is 3.65. The third kappa shape index (κ3) is 4.90. The Bertz CT molecular complexity index is 832. The number of hydrogen-bond acceptors (Lipinski definition) is 6. The van der Waals surface area contributed by atoms with Crippen LogP contribution in [0.5, 0.6) is 5.75 Å². The molecule has 0 aliphatic carbocycles. The lowest BCUT2D eigenvalue weighted by Crippen LogP contribution is -2.23. The number of hydroxylamine groups is 1. The second-order valence-corrected chi connectivity index (χ2v) is 5.54. The fraction of sp³-hybridized carbons (Fsp3) is 0.211. The van der Waals surface area contributed by atoms with E-state index in [0.29, 0.717) is 24.7 Å². The first-order valence-electron chi connectivity index (χ1n) is 8.16. The number of methoxy groups -OCH3 is 1. The van der Waals surface area contributed by atoms with E-state index in [1.807, 2.05) is 54.6 Å². The van der Waals surface area contributed by atoms with Crippen LogP contribution in [0.1, 0.15) is 17.9 Å².